The zero-order valence-corrected chi connectivity index (χ0v) is 9.38. The van der Waals surface area contributed by atoms with Crippen molar-refractivity contribution in [2.75, 3.05) is 53.0 Å². The van der Waals surface area contributed by atoms with Gasteiger partial charge in [-0.05, 0) is 14.0 Å². The molecule has 2 rings (SSSR count). The van der Waals surface area contributed by atoms with Crippen molar-refractivity contribution in [2.45, 2.75) is 13.0 Å². The summed E-state index contributed by atoms with van der Waals surface area (Å²) in [6.07, 6.45) is 0. The van der Waals surface area contributed by atoms with Gasteiger partial charge in [0.15, 0.2) is 0 Å². The quantitative estimate of drug-likeness (QED) is 0.555. The Bertz CT molecular complexity index is 118. The van der Waals surface area contributed by atoms with Crippen LogP contribution in [0.2, 0.25) is 0 Å². The van der Waals surface area contributed by atoms with Gasteiger partial charge < -0.3 is 15.4 Å². The van der Waals surface area contributed by atoms with Gasteiger partial charge in [0.25, 0.3) is 0 Å². The summed E-state index contributed by atoms with van der Waals surface area (Å²) < 4.78 is 5.21. The number of likely N-dealkylation sites (N-methyl/N-ethyl adjacent to an activating group) is 1. The van der Waals surface area contributed by atoms with Crippen molar-refractivity contribution in [1.29, 1.82) is 0 Å². The van der Waals surface area contributed by atoms with Crippen LogP contribution in [-0.4, -0.2) is 63.9 Å². The first-order valence-electron chi connectivity index (χ1n) is 5.50. The Kier molecular flexibility index (Phi) is 6.10. The Morgan fingerprint density at radius 1 is 1.14 bits per heavy atom. The van der Waals surface area contributed by atoms with Gasteiger partial charge in [0.2, 0.25) is 0 Å². The van der Waals surface area contributed by atoms with Crippen molar-refractivity contribution in [3.05, 3.63) is 0 Å². The molecule has 0 spiro atoms. The van der Waals surface area contributed by atoms with E-state index in [0.29, 0.717) is 6.04 Å². The average molecular weight is 201 g/mol. The maximum absolute atomic E-state index is 5.21. The molecule has 0 aliphatic carbocycles. The van der Waals surface area contributed by atoms with Crippen LogP contribution in [0.15, 0.2) is 0 Å². The Hall–Kier alpha value is -0.160. The molecule has 0 amide bonds. The lowest BCUT2D eigenvalue weighted by Crippen LogP contribution is -2.40. The summed E-state index contributed by atoms with van der Waals surface area (Å²) >= 11 is 0. The molecule has 0 aromatic rings. The third kappa shape index (κ3) is 4.91. The number of ether oxygens (including phenoxy) is 1. The largest absolute Gasteiger partial charge is 0.379 e. The van der Waals surface area contributed by atoms with Gasteiger partial charge in [-0.2, -0.15) is 0 Å². The van der Waals surface area contributed by atoms with E-state index in [0.717, 1.165) is 45.9 Å². The Morgan fingerprint density at radius 2 is 1.71 bits per heavy atom. The van der Waals surface area contributed by atoms with Crippen LogP contribution < -0.4 is 10.6 Å². The highest BCUT2D eigenvalue weighted by molar-refractivity contribution is 4.65. The minimum Gasteiger partial charge on any atom is -0.379 e. The third-order valence-corrected chi connectivity index (χ3v) is 2.66. The fourth-order valence-electron chi connectivity index (χ4n) is 1.41. The molecule has 2 fully saturated rings. The second kappa shape index (κ2) is 7.17. The van der Waals surface area contributed by atoms with Crippen LogP contribution in [0.3, 0.4) is 0 Å². The molecular weight excluding hydrogens is 178 g/mol. The molecule has 0 radical (unpaired) electrons. The Labute approximate surface area is 87.0 Å². The number of rotatable bonds is 0. The van der Waals surface area contributed by atoms with Gasteiger partial charge >= 0.3 is 0 Å². The molecule has 1 atom stereocenters. The molecule has 84 valence electrons. The minimum absolute atomic E-state index is 0.615. The second-order valence-electron chi connectivity index (χ2n) is 3.90. The first kappa shape index (κ1) is 11.9. The van der Waals surface area contributed by atoms with Crippen LogP contribution in [0.25, 0.3) is 0 Å². The maximum atomic E-state index is 5.21. The lowest BCUT2D eigenvalue weighted by Gasteiger charge is -2.29. The molecular formula is C10H23N3O. The van der Waals surface area contributed by atoms with Crippen molar-refractivity contribution in [2.24, 2.45) is 0 Å². The molecule has 4 heteroatoms. The van der Waals surface area contributed by atoms with E-state index in [9.17, 15) is 0 Å². The van der Waals surface area contributed by atoms with Gasteiger partial charge in [-0.15, -0.1) is 0 Å². The molecule has 1 unspecified atom stereocenters. The number of nitrogens with zero attached hydrogens (tertiary/aromatic N) is 1. The zero-order chi connectivity index (χ0) is 10.2. The fraction of sp³-hybridized carbons (Fsp3) is 1.00. The molecule has 14 heavy (non-hydrogen) atoms. The summed E-state index contributed by atoms with van der Waals surface area (Å²) in [5, 5.41) is 6.44. The van der Waals surface area contributed by atoms with Gasteiger partial charge in [0.05, 0.1) is 13.2 Å². The van der Waals surface area contributed by atoms with Crippen LogP contribution in [0.4, 0.5) is 0 Å². The topological polar surface area (TPSA) is 36.5 Å². The van der Waals surface area contributed by atoms with Crippen LogP contribution in [0.1, 0.15) is 6.92 Å². The van der Waals surface area contributed by atoms with E-state index in [1.807, 2.05) is 0 Å². The molecule has 2 saturated heterocycles. The first-order valence-corrected chi connectivity index (χ1v) is 5.50. The van der Waals surface area contributed by atoms with Crippen molar-refractivity contribution in [3.8, 4) is 0 Å². The molecule has 2 aliphatic rings. The maximum Gasteiger partial charge on any atom is 0.0619 e. The standard InChI is InChI=1S/C6H13NO.C4H10N2/c1-6-5-8-4-3-7(6)2;1-2-6-4-3-5-1/h6H,3-5H2,1-2H3;5-6H,1-4H2. The lowest BCUT2D eigenvalue weighted by atomic mass is 10.3. The number of hydrogen-bond donors (Lipinski definition) is 2. The number of morpholine rings is 1. The molecule has 2 heterocycles. The van der Waals surface area contributed by atoms with Crippen molar-refractivity contribution >= 4 is 0 Å². The minimum atomic E-state index is 0.615. The van der Waals surface area contributed by atoms with Gasteiger partial charge in [-0.25, -0.2) is 0 Å². The van der Waals surface area contributed by atoms with Crippen LogP contribution >= 0.6 is 0 Å². The van der Waals surface area contributed by atoms with E-state index in [-0.39, 0.29) is 0 Å². The summed E-state index contributed by atoms with van der Waals surface area (Å²) in [6, 6.07) is 0.615. The van der Waals surface area contributed by atoms with Crippen molar-refractivity contribution in [1.82, 2.24) is 15.5 Å². The average Bonchev–Trinajstić information content (AvgIpc) is 2.26. The van der Waals surface area contributed by atoms with E-state index < -0.39 is 0 Å². The van der Waals surface area contributed by atoms with E-state index in [2.05, 4.69) is 29.5 Å². The number of hydrogen-bond acceptors (Lipinski definition) is 4. The summed E-state index contributed by atoms with van der Waals surface area (Å²) in [6.45, 7) is 9.62. The summed E-state index contributed by atoms with van der Waals surface area (Å²) in [5.74, 6) is 0. The monoisotopic (exact) mass is 201 g/mol. The smallest absolute Gasteiger partial charge is 0.0619 e. The lowest BCUT2D eigenvalue weighted by molar-refractivity contribution is 0.0131. The molecule has 0 aromatic heterocycles. The molecule has 0 bridgehead atoms. The molecule has 0 aromatic carbocycles. The molecule has 2 N–H and O–H groups in total. The highest BCUT2D eigenvalue weighted by Crippen LogP contribution is 2.00. The van der Waals surface area contributed by atoms with Crippen LogP contribution in [-0.2, 0) is 4.74 Å². The number of piperazine rings is 1. The van der Waals surface area contributed by atoms with E-state index >= 15 is 0 Å². The summed E-state index contributed by atoms with van der Waals surface area (Å²) in [7, 11) is 2.13. The van der Waals surface area contributed by atoms with E-state index in [1.165, 1.54) is 0 Å². The van der Waals surface area contributed by atoms with Gasteiger partial charge in [0, 0.05) is 38.8 Å². The number of nitrogens with one attached hydrogen (secondary N) is 2. The van der Waals surface area contributed by atoms with Crippen LogP contribution in [0.5, 0.6) is 0 Å². The van der Waals surface area contributed by atoms with Gasteiger partial charge in [-0.3, -0.25) is 4.90 Å². The molecule has 2 aliphatic heterocycles. The fourth-order valence-corrected chi connectivity index (χ4v) is 1.41. The van der Waals surface area contributed by atoms with Gasteiger partial charge in [0.1, 0.15) is 0 Å². The van der Waals surface area contributed by atoms with Gasteiger partial charge in [-0.1, -0.05) is 0 Å². The third-order valence-electron chi connectivity index (χ3n) is 2.66. The van der Waals surface area contributed by atoms with E-state index in [4.69, 9.17) is 4.74 Å². The van der Waals surface area contributed by atoms with E-state index in [1.54, 1.807) is 0 Å². The first-order chi connectivity index (χ1) is 6.80. The predicted molar refractivity (Wildman–Crippen MR) is 58.7 cm³/mol. The Balaban J connectivity index is 0.000000146. The SMILES string of the molecule is C1CNCCN1.CC1COCCN1C. The highest BCUT2D eigenvalue weighted by Gasteiger charge is 2.12. The predicted octanol–water partition coefficient (Wildman–Crippen LogP) is -0.484. The summed E-state index contributed by atoms with van der Waals surface area (Å²) in [4.78, 5) is 2.31. The molecule has 0 saturated carbocycles. The molecule has 4 nitrogen and oxygen atoms in total. The summed E-state index contributed by atoms with van der Waals surface area (Å²) in [5.41, 5.74) is 0. The zero-order valence-electron chi connectivity index (χ0n) is 9.38. The normalized spacial score (nSPS) is 29.1. The van der Waals surface area contributed by atoms with Crippen molar-refractivity contribution in [3.63, 3.8) is 0 Å². The second-order valence-corrected chi connectivity index (χ2v) is 3.90. The Morgan fingerprint density at radius 3 is 2.00 bits per heavy atom. The van der Waals surface area contributed by atoms with Crippen molar-refractivity contribution < 1.29 is 4.74 Å². The van der Waals surface area contributed by atoms with Crippen LogP contribution in [0, 0.1) is 0 Å². The highest BCUT2D eigenvalue weighted by atomic mass is 16.5.